The first-order chi connectivity index (χ1) is 10.0. The summed E-state index contributed by atoms with van der Waals surface area (Å²) in [5, 5.41) is 8.44. The molecule has 108 valence electrons. The summed E-state index contributed by atoms with van der Waals surface area (Å²) in [5.41, 5.74) is 12.7. The third-order valence-electron chi connectivity index (χ3n) is 3.68. The number of aryl methyl sites for hydroxylation is 2. The zero-order valence-electron chi connectivity index (χ0n) is 12.9. The molecule has 2 rings (SSSR count). The van der Waals surface area contributed by atoms with Gasteiger partial charge in [-0.15, -0.1) is 0 Å². The van der Waals surface area contributed by atoms with Crippen LogP contribution in [0.25, 0.3) is 5.70 Å². The maximum Gasteiger partial charge on any atom is 0.0664 e. The number of allylic oxidation sites excluding steroid dienone is 1. The van der Waals surface area contributed by atoms with Crippen molar-refractivity contribution < 1.29 is 0 Å². The molecule has 0 fully saturated rings. The maximum absolute atomic E-state index is 8.44. The Morgan fingerprint density at radius 3 is 1.71 bits per heavy atom. The van der Waals surface area contributed by atoms with E-state index in [9.17, 15) is 0 Å². The van der Waals surface area contributed by atoms with Crippen LogP contribution in [0.3, 0.4) is 0 Å². The molecule has 0 spiro atoms. The summed E-state index contributed by atoms with van der Waals surface area (Å²) < 4.78 is 0. The Balaban J connectivity index is 2.41. The molecule has 0 aliphatic rings. The Hall–Kier alpha value is -2.35. The van der Waals surface area contributed by atoms with Crippen LogP contribution < -0.4 is 5.73 Å². The minimum atomic E-state index is 0.510. The minimum absolute atomic E-state index is 0.510. The van der Waals surface area contributed by atoms with E-state index in [0.29, 0.717) is 11.4 Å². The predicted molar refractivity (Wildman–Crippen MR) is 90.6 cm³/mol. The molecule has 2 nitrogen and oxygen atoms in total. The van der Waals surface area contributed by atoms with Gasteiger partial charge in [0, 0.05) is 11.3 Å². The van der Waals surface area contributed by atoms with Crippen LogP contribution in [0.1, 0.15) is 35.6 Å². The van der Waals surface area contributed by atoms with Crippen LogP contribution in [0.4, 0.5) is 0 Å². The Morgan fingerprint density at radius 1 is 0.857 bits per heavy atom. The Bertz CT molecular complexity index is 662. The summed E-state index contributed by atoms with van der Waals surface area (Å²) in [6.07, 6.45) is 0.742. The highest BCUT2D eigenvalue weighted by molar-refractivity contribution is 6.14. The van der Waals surface area contributed by atoms with E-state index in [-0.39, 0.29) is 0 Å². The lowest BCUT2D eigenvalue weighted by Crippen LogP contribution is -2.10. The molecule has 21 heavy (non-hydrogen) atoms. The van der Waals surface area contributed by atoms with Gasteiger partial charge in [0.05, 0.1) is 5.71 Å². The molecule has 0 atom stereocenters. The number of nitrogens with two attached hydrogens (primary N) is 1. The molecular formula is C19H22N2. The van der Waals surface area contributed by atoms with Crippen molar-refractivity contribution in [2.75, 3.05) is 0 Å². The molecule has 0 saturated heterocycles. The highest BCUT2D eigenvalue weighted by Gasteiger charge is 2.11. The standard InChI is InChI=1S/C19H22N2/c1-4-17(18(20)15-9-5-13(2)6-10-15)19(21)16-11-7-14(3)8-12-16/h5-12,20H,4,21H2,1-3H3/b19-17-,20-18?. The van der Waals surface area contributed by atoms with Gasteiger partial charge in [0.1, 0.15) is 0 Å². The lowest BCUT2D eigenvalue weighted by Gasteiger charge is -2.13. The molecule has 0 bridgehead atoms. The van der Waals surface area contributed by atoms with Gasteiger partial charge < -0.3 is 5.73 Å². The number of hydrogen-bond acceptors (Lipinski definition) is 2. The maximum atomic E-state index is 8.44. The number of hydrogen-bond donors (Lipinski definition) is 2. The fourth-order valence-electron chi connectivity index (χ4n) is 2.30. The van der Waals surface area contributed by atoms with Crippen molar-refractivity contribution in [3.8, 4) is 0 Å². The lowest BCUT2D eigenvalue weighted by atomic mass is 9.95. The summed E-state index contributed by atoms with van der Waals surface area (Å²) in [7, 11) is 0. The van der Waals surface area contributed by atoms with Crippen molar-refractivity contribution in [2.24, 2.45) is 5.73 Å². The van der Waals surface area contributed by atoms with Crippen LogP contribution in [-0.2, 0) is 0 Å². The van der Waals surface area contributed by atoms with E-state index in [1.807, 2.05) is 62.4 Å². The van der Waals surface area contributed by atoms with Crippen molar-refractivity contribution in [1.82, 2.24) is 0 Å². The van der Waals surface area contributed by atoms with Crippen LogP contribution in [0.5, 0.6) is 0 Å². The molecule has 3 N–H and O–H groups in total. The van der Waals surface area contributed by atoms with Gasteiger partial charge in [-0.2, -0.15) is 0 Å². The highest BCUT2D eigenvalue weighted by Crippen LogP contribution is 2.21. The molecule has 0 saturated carbocycles. The Morgan fingerprint density at radius 2 is 1.29 bits per heavy atom. The van der Waals surface area contributed by atoms with Crippen LogP contribution in [0.15, 0.2) is 54.1 Å². The molecule has 0 amide bonds. The van der Waals surface area contributed by atoms with Crippen LogP contribution >= 0.6 is 0 Å². The van der Waals surface area contributed by atoms with E-state index >= 15 is 0 Å². The normalized spacial score (nSPS) is 12.0. The van der Waals surface area contributed by atoms with E-state index in [0.717, 1.165) is 23.1 Å². The topological polar surface area (TPSA) is 49.9 Å². The highest BCUT2D eigenvalue weighted by atomic mass is 14.6. The molecule has 0 aliphatic carbocycles. The van der Waals surface area contributed by atoms with Gasteiger partial charge in [-0.1, -0.05) is 66.6 Å². The number of benzene rings is 2. The first kappa shape index (κ1) is 15.0. The average molecular weight is 278 g/mol. The van der Waals surface area contributed by atoms with Gasteiger partial charge in [0.2, 0.25) is 0 Å². The molecule has 0 unspecified atom stereocenters. The third kappa shape index (κ3) is 3.40. The largest absolute Gasteiger partial charge is 0.398 e. The Kier molecular flexibility index (Phi) is 4.59. The Labute approximate surface area is 126 Å². The monoisotopic (exact) mass is 278 g/mol. The number of nitrogens with one attached hydrogen (secondary N) is 1. The summed E-state index contributed by atoms with van der Waals surface area (Å²) in [6.45, 7) is 6.14. The van der Waals surface area contributed by atoms with Crippen LogP contribution in [0.2, 0.25) is 0 Å². The van der Waals surface area contributed by atoms with E-state index < -0.39 is 0 Å². The first-order valence-electron chi connectivity index (χ1n) is 7.24. The van der Waals surface area contributed by atoms with E-state index in [1.54, 1.807) is 0 Å². The SMILES string of the molecule is CC/C(C(=N)c1ccc(C)cc1)=C(/N)c1ccc(C)cc1. The zero-order chi connectivity index (χ0) is 15.4. The summed E-state index contributed by atoms with van der Waals surface area (Å²) in [5.74, 6) is 0. The second-order valence-corrected chi connectivity index (χ2v) is 5.35. The third-order valence-corrected chi connectivity index (χ3v) is 3.68. The van der Waals surface area contributed by atoms with Crippen molar-refractivity contribution in [3.63, 3.8) is 0 Å². The molecule has 0 heterocycles. The first-order valence-corrected chi connectivity index (χ1v) is 7.24. The quantitative estimate of drug-likeness (QED) is 0.797. The predicted octanol–water partition coefficient (Wildman–Crippen LogP) is 4.45. The van der Waals surface area contributed by atoms with Crippen LogP contribution in [-0.4, -0.2) is 5.71 Å². The molecule has 0 aliphatic heterocycles. The van der Waals surface area contributed by atoms with Crippen molar-refractivity contribution in [1.29, 1.82) is 5.41 Å². The van der Waals surface area contributed by atoms with Crippen molar-refractivity contribution in [2.45, 2.75) is 27.2 Å². The molecule has 2 heteroatoms. The molecule has 2 aromatic carbocycles. The van der Waals surface area contributed by atoms with Gasteiger partial charge in [-0.3, -0.25) is 5.41 Å². The van der Waals surface area contributed by atoms with Gasteiger partial charge in [0.15, 0.2) is 0 Å². The summed E-state index contributed by atoms with van der Waals surface area (Å²) in [6, 6.07) is 16.1. The number of rotatable bonds is 4. The fourth-order valence-corrected chi connectivity index (χ4v) is 2.30. The fraction of sp³-hybridized carbons (Fsp3) is 0.211. The van der Waals surface area contributed by atoms with Crippen LogP contribution in [0, 0.1) is 19.3 Å². The molecule has 2 aromatic rings. The summed E-state index contributed by atoms with van der Waals surface area (Å²) >= 11 is 0. The van der Waals surface area contributed by atoms with Gasteiger partial charge in [-0.25, -0.2) is 0 Å². The second-order valence-electron chi connectivity index (χ2n) is 5.35. The minimum Gasteiger partial charge on any atom is -0.398 e. The van der Waals surface area contributed by atoms with E-state index in [1.165, 1.54) is 11.1 Å². The molecular weight excluding hydrogens is 256 g/mol. The molecule has 0 radical (unpaired) electrons. The zero-order valence-corrected chi connectivity index (χ0v) is 12.9. The molecule has 0 aromatic heterocycles. The van der Waals surface area contributed by atoms with E-state index in [4.69, 9.17) is 11.1 Å². The smallest absolute Gasteiger partial charge is 0.0664 e. The van der Waals surface area contributed by atoms with Crippen molar-refractivity contribution in [3.05, 3.63) is 76.4 Å². The van der Waals surface area contributed by atoms with Gasteiger partial charge >= 0.3 is 0 Å². The second kappa shape index (κ2) is 6.40. The van der Waals surface area contributed by atoms with Crippen molar-refractivity contribution >= 4 is 11.4 Å². The van der Waals surface area contributed by atoms with E-state index in [2.05, 4.69) is 6.92 Å². The summed E-state index contributed by atoms with van der Waals surface area (Å²) in [4.78, 5) is 0. The van der Waals surface area contributed by atoms with Gasteiger partial charge in [-0.05, 0) is 31.4 Å². The van der Waals surface area contributed by atoms with Gasteiger partial charge in [0.25, 0.3) is 0 Å². The average Bonchev–Trinajstić information content (AvgIpc) is 2.49. The lowest BCUT2D eigenvalue weighted by molar-refractivity contribution is 1.15.